The van der Waals surface area contributed by atoms with Crippen LogP contribution in [-0.2, 0) is 4.79 Å². The molecule has 1 atom stereocenters. The lowest BCUT2D eigenvalue weighted by Crippen LogP contribution is -2.54. The monoisotopic (exact) mass is 343 g/mol. The Bertz CT molecular complexity index is 607. The summed E-state index contributed by atoms with van der Waals surface area (Å²) in [5.74, 6) is -1.23. The fraction of sp³-hybridized carbons (Fsp3) is 0.500. The van der Waals surface area contributed by atoms with Gasteiger partial charge in [-0.3, -0.25) is 9.59 Å². The number of nitrogens with one attached hydrogen (secondary N) is 1. The summed E-state index contributed by atoms with van der Waals surface area (Å²) in [6, 6.07) is 4.02. The van der Waals surface area contributed by atoms with E-state index >= 15 is 0 Å². The van der Waals surface area contributed by atoms with Crippen LogP contribution in [0.3, 0.4) is 0 Å². The van der Waals surface area contributed by atoms with Crippen LogP contribution in [0.15, 0.2) is 18.2 Å². The number of likely N-dealkylation sites (tertiary alicyclic amines) is 1. The molecular weight excluding hydrogens is 321 g/mol. The third-order valence-electron chi connectivity index (χ3n) is 4.12. The van der Waals surface area contributed by atoms with Crippen molar-refractivity contribution in [2.24, 2.45) is 11.1 Å². The first-order valence-electron chi connectivity index (χ1n) is 7.33. The number of carbonyl (C=O) groups is 2. The van der Waals surface area contributed by atoms with Crippen molar-refractivity contribution in [3.8, 4) is 0 Å². The minimum atomic E-state index is -0.591. The Kier molecular flexibility index (Phi) is 6.13. The van der Waals surface area contributed by atoms with E-state index in [4.69, 9.17) is 5.73 Å². The topological polar surface area (TPSA) is 75.4 Å². The second-order valence-electron chi connectivity index (χ2n) is 6.49. The number of carbonyl (C=O) groups excluding carboxylic acids is 2. The number of benzene rings is 1. The molecule has 1 aliphatic rings. The van der Waals surface area contributed by atoms with Crippen molar-refractivity contribution in [1.82, 2.24) is 4.90 Å². The van der Waals surface area contributed by atoms with Gasteiger partial charge in [0.2, 0.25) is 5.91 Å². The SMILES string of the molecule is CC(=O)Nc1ccc(F)c(C(=O)N2CCC(N)C(C)(C)C2)c1.Cl. The highest BCUT2D eigenvalue weighted by molar-refractivity contribution is 5.97. The van der Waals surface area contributed by atoms with Crippen LogP contribution in [0.25, 0.3) is 0 Å². The van der Waals surface area contributed by atoms with Gasteiger partial charge in [0.05, 0.1) is 5.56 Å². The number of rotatable bonds is 2. The van der Waals surface area contributed by atoms with Crippen LogP contribution in [0.2, 0.25) is 0 Å². The molecule has 0 aliphatic carbocycles. The Morgan fingerprint density at radius 1 is 1.39 bits per heavy atom. The van der Waals surface area contributed by atoms with Gasteiger partial charge in [0, 0.05) is 31.7 Å². The lowest BCUT2D eigenvalue weighted by atomic mass is 9.79. The first kappa shape index (κ1) is 19.4. The van der Waals surface area contributed by atoms with Crippen molar-refractivity contribution >= 4 is 29.9 Å². The summed E-state index contributed by atoms with van der Waals surface area (Å²) in [7, 11) is 0. The van der Waals surface area contributed by atoms with E-state index in [-0.39, 0.29) is 41.2 Å². The van der Waals surface area contributed by atoms with E-state index in [0.717, 1.165) is 0 Å². The zero-order chi connectivity index (χ0) is 16.5. The van der Waals surface area contributed by atoms with E-state index in [1.165, 1.54) is 25.1 Å². The first-order valence-corrected chi connectivity index (χ1v) is 7.33. The Hall–Kier alpha value is -1.66. The van der Waals surface area contributed by atoms with Gasteiger partial charge in [0.15, 0.2) is 0 Å². The molecule has 1 aromatic rings. The number of hydrogen-bond acceptors (Lipinski definition) is 3. The summed E-state index contributed by atoms with van der Waals surface area (Å²) in [4.78, 5) is 25.3. The predicted octanol–water partition coefficient (Wildman–Crippen LogP) is 2.41. The number of hydrogen-bond donors (Lipinski definition) is 2. The van der Waals surface area contributed by atoms with E-state index in [1.54, 1.807) is 4.90 Å². The van der Waals surface area contributed by atoms with Crippen molar-refractivity contribution in [3.05, 3.63) is 29.6 Å². The predicted molar refractivity (Wildman–Crippen MR) is 90.2 cm³/mol. The lowest BCUT2D eigenvalue weighted by Gasteiger charge is -2.42. The number of halogens is 2. The minimum Gasteiger partial charge on any atom is -0.338 e. The van der Waals surface area contributed by atoms with Gasteiger partial charge >= 0.3 is 0 Å². The summed E-state index contributed by atoms with van der Waals surface area (Å²) in [6.45, 7) is 6.35. The molecule has 5 nitrogen and oxygen atoms in total. The fourth-order valence-corrected chi connectivity index (χ4v) is 2.69. The average Bonchev–Trinajstić information content (AvgIpc) is 2.42. The van der Waals surface area contributed by atoms with E-state index in [9.17, 15) is 14.0 Å². The molecule has 7 heteroatoms. The normalized spacial score (nSPS) is 19.7. The van der Waals surface area contributed by atoms with E-state index in [0.29, 0.717) is 25.2 Å². The van der Waals surface area contributed by atoms with Gasteiger partial charge in [0.25, 0.3) is 5.91 Å². The lowest BCUT2D eigenvalue weighted by molar-refractivity contribution is -0.114. The van der Waals surface area contributed by atoms with Gasteiger partial charge < -0.3 is 16.0 Å². The number of nitrogens with two attached hydrogens (primary N) is 1. The molecule has 2 rings (SSSR count). The Balaban J connectivity index is 0.00000264. The maximum absolute atomic E-state index is 14.0. The molecule has 0 bridgehead atoms. The molecular formula is C16H23ClFN3O2. The number of amides is 2. The molecule has 1 unspecified atom stereocenters. The van der Waals surface area contributed by atoms with Gasteiger partial charge in [-0.1, -0.05) is 13.8 Å². The smallest absolute Gasteiger partial charge is 0.256 e. The maximum Gasteiger partial charge on any atom is 0.256 e. The molecule has 128 valence electrons. The van der Waals surface area contributed by atoms with E-state index in [2.05, 4.69) is 5.32 Å². The van der Waals surface area contributed by atoms with Gasteiger partial charge in [-0.2, -0.15) is 0 Å². The Morgan fingerprint density at radius 3 is 2.61 bits per heavy atom. The van der Waals surface area contributed by atoms with Crippen LogP contribution in [0.1, 0.15) is 37.6 Å². The summed E-state index contributed by atoms with van der Waals surface area (Å²) in [6.07, 6.45) is 0.686. The van der Waals surface area contributed by atoms with Gasteiger partial charge in [-0.15, -0.1) is 12.4 Å². The largest absolute Gasteiger partial charge is 0.338 e. The highest BCUT2D eigenvalue weighted by Gasteiger charge is 2.36. The van der Waals surface area contributed by atoms with Crippen LogP contribution < -0.4 is 11.1 Å². The molecule has 0 radical (unpaired) electrons. The van der Waals surface area contributed by atoms with Crippen LogP contribution in [0, 0.1) is 11.2 Å². The van der Waals surface area contributed by atoms with E-state index < -0.39 is 5.82 Å². The second-order valence-corrected chi connectivity index (χ2v) is 6.49. The third-order valence-corrected chi connectivity index (χ3v) is 4.12. The summed E-state index contributed by atoms with van der Waals surface area (Å²) in [5, 5.41) is 2.56. The molecule has 1 fully saturated rings. The van der Waals surface area contributed by atoms with Crippen molar-refractivity contribution in [2.75, 3.05) is 18.4 Å². The number of piperidine rings is 1. The minimum absolute atomic E-state index is 0. The number of nitrogens with zero attached hydrogens (tertiary/aromatic N) is 1. The van der Waals surface area contributed by atoms with Crippen molar-refractivity contribution in [1.29, 1.82) is 0 Å². The zero-order valence-electron chi connectivity index (χ0n) is 13.6. The van der Waals surface area contributed by atoms with Crippen LogP contribution in [0.5, 0.6) is 0 Å². The van der Waals surface area contributed by atoms with Crippen molar-refractivity contribution in [3.63, 3.8) is 0 Å². The molecule has 0 saturated carbocycles. The standard InChI is InChI=1S/C16H22FN3O2.ClH/c1-10(21)19-11-4-5-13(17)12(8-11)15(22)20-7-6-14(18)16(2,3)9-20;/h4-5,8,14H,6-7,9,18H2,1-3H3,(H,19,21);1H. The van der Waals surface area contributed by atoms with Crippen LogP contribution >= 0.6 is 12.4 Å². The molecule has 0 aromatic heterocycles. The number of anilines is 1. The quantitative estimate of drug-likeness (QED) is 0.865. The molecule has 2 amide bonds. The Labute approximate surface area is 141 Å². The van der Waals surface area contributed by atoms with E-state index in [1.807, 2.05) is 13.8 Å². The van der Waals surface area contributed by atoms with Crippen LogP contribution in [0.4, 0.5) is 10.1 Å². The molecule has 23 heavy (non-hydrogen) atoms. The molecule has 1 aromatic carbocycles. The fourth-order valence-electron chi connectivity index (χ4n) is 2.69. The summed E-state index contributed by atoms with van der Waals surface area (Å²) in [5.41, 5.74) is 6.23. The summed E-state index contributed by atoms with van der Waals surface area (Å²) < 4.78 is 14.0. The van der Waals surface area contributed by atoms with Crippen LogP contribution in [-0.4, -0.2) is 35.8 Å². The Morgan fingerprint density at radius 2 is 2.04 bits per heavy atom. The molecule has 3 N–H and O–H groups in total. The van der Waals surface area contributed by atoms with Crippen molar-refractivity contribution < 1.29 is 14.0 Å². The summed E-state index contributed by atoms with van der Waals surface area (Å²) >= 11 is 0. The zero-order valence-corrected chi connectivity index (χ0v) is 14.4. The molecule has 1 aliphatic heterocycles. The van der Waals surface area contributed by atoms with Crippen molar-refractivity contribution in [2.45, 2.75) is 33.2 Å². The second kappa shape index (κ2) is 7.27. The van der Waals surface area contributed by atoms with Gasteiger partial charge in [0.1, 0.15) is 5.82 Å². The van der Waals surface area contributed by atoms with Gasteiger partial charge in [-0.05, 0) is 30.0 Å². The third kappa shape index (κ3) is 4.42. The highest BCUT2D eigenvalue weighted by atomic mass is 35.5. The average molecular weight is 344 g/mol. The molecule has 1 heterocycles. The highest BCUT2D eigenvalue weighted by Crippen LogP contribution is 2.29. The maximum atomic E-state index is 14.0. The molecule has 0 spiro atoms. The first-order chi connectivity index (χ1) is 10.2. The van der Waals surface area contributed by atoms with Gasteiger partial charge in [-0.25, -0.2) is 4.39 Å². The molecule has 1 saturated heterocycles.